The second-order valence-electron chi connectivity index (χ2n) is 6.27. The van der Waals surface area contributed by atoms with E-state index < -0.39 is 5.60 Å². The van der Waals surface area contributed by atoms with Crippen molar-refractivity contribution in [1.82, 2.24) is 9.80 Å². The molecule has 2 aliphatic rings. The Bertz CT molecular complexity index is 609. The van der Waals surface area contributed by atoms with Crippen LogP contribution in [0.1, 0.15) is 25.8 Å². The number of benzene rings is 1. The lowest BCUT2D eigenvalue weighted by Crippen LogP contribution is -2.54. The average molecular weight is 319 g/mol. The Labute approximate surface area is 135 Å². The fourth-order valence-corrected chi connectivity index (χ4v) is 3.05. The Morgan fingerprint density at radius 1 is 1.26 bits per heavy atom. The van der Waals surface area contributed by atoms with Gasteiger partial charge in [0.25, 0.3) is 5.91 Å². The normalized spacial score (nSPS) is 25.2. The van der Waals surface area contributed by atoms with Crippen molar-refractivity contribution in [3.8, 4) is 0 Å². The molecule has 6 heteroatoms. The topological polar surface area (TPSA) is 45.1 Å². The fourth-order valence-electron chi connectivity index (χ4n) is 3.05. The van der Waals surface area contributed by atoms with E-state index in [1.807, 2.05) is 4.90 Å². The van der Waals surface area contributed by atoms with Crippen LogP contribution in [0.15, 0.2) is 29.4 Å². The summed E-state index contributed by atoms with van der Waals surface area (Å²) in [6.07, 6.45) is 0.408. The van der Waals surface area contributed by atoms with Crippen LogP contribution in [0.4, 0.5) is 4.39 Å². The molecule has 23 heavy (non-hydrogen) atoms. The zero-order valence-electron chi connectivity index (χ0n) is 13.6. The Kier molecular flexibility index (Phi) is 4.35. The summed E-state index contributed by atoms with van der Waals surface area (Å²) in [5.74, 6) is -0.310. The minimum absolute atomic E-state index is 0.0193. The van der Waals surface area contributed by atoms with Crippen molar-refractivity contribution in [2.75, 3.05) is 32.7 Å². The molecular weight excluding hydrogens is 297 g/mol. The molecule has 1 atom stereocenters. The highest BCUT2D eigenvalue weighted by Gasteiger charge is 2.45. The van der Waals surface area contributed by atoms with E-state index in [0.717, 1.165) is 38.3 Å². The largest absolute Gasteiger partial charge is 0.379 e. The van der Waals surface area contributed by atoms with Gasteiger partial charge >= 0.3 is 0 Å². The van der Waals surface area contributed by atoms with Crippen molar-refractivity contribution < 1.29 is 14.0 Å². The van der Waals surface area contributed by atoms with Crippen LogP contribution < -0.4 is 0 Å². The van der Waals surface area contributed by atoms with E-state index >= 15 is 0 Å². The highest BCUT2D eigenvalue weighted by Crippen LogP contribution is 2.29. The SMILES string of the molecule is CCN1CCN(C(=O)C2(C)CC(c3ccc(F)cc3)=NO2)CC1. The van der Waals surface area contributed by atoms with Crippen molar-refractivity contribution in [3.63, 3.8) is 0 Å². The van der Waals surface area contributed by atoms with Gasteiger partial charge in [0, 0.05) is 32.6 Å². The Morgan fingerprint density at radius 3 is 2.52 bits per heavy atom. The van der Waals surface area contributed by atoms with Gasteiger partial charge in [-0.1, -0.05) is 24.2 Å². The van der Waals surface area contributed by atoms with Gasteiger partial charge in [0.1, 0.15) is 5.82 Å². The summed E-state index contributed by atoms with van der Waals surface area (Å²) in [7, 11) is 0. The summed E-state index contributed by atoms with van der Waals surface area (Å²) in [5, 5.41) is 4.07. The van der Waals surface area contributed by atoms with Gasteiger partial charge in [-0.3, -0.25) is 4.79 Å². The number of amides is 1. The van der Waals surface area contributed by atoms with Gasteiger partial charge in [-0.2, -0.15) is 0 Å². The summed E-state index contributed by atoms with van der Waals surface area (Å²) in [5.41, 5.74) is 0.518. The summed E-state index contributed by atoms with van der Waals surface area (Å²) < 4.78 is 13.0. The zero-order chi connectivity index (χ0) is 16.4. The average Bonchev–Trinajstić information content (AvgIpc) is 2.98. The van der Waals surface area contributed by atoms with Crippen LogP contribution in [0, 0.1) is 5.82 Å². The van der Waals surface area contributed by atoms with Crippen LogP contribution in [-0.4, -0.2) is 59.7 Å². The van der Waals surface area contributed by atoms with E-state index in [9.17, 15) is 9.18 Å². The molecule has 1 aromatic carbocycles. The van der Waals surface area contributed by atoms with Crippen LogP contribution in [-0.2, 0) is 9.63 Å². The first kappa shape index (κ1) is 15.9. The van der Waals surface area contributed by atoms with Gasteiger partial charge in [0.2, 0.25) is 5.60 Å². The van der Waals surface area contributed by atoms with Crippen LogP contribution in [0.2, 0.25) is 0 Å². The summed E-state index contributed by atoms with van der Waals surface area (Å²) >= 11 is 0. The van der Waals surface area contributed by atoms with Crippen LogP contribution in [0.25, 0.3) is 0 Å². The number of likely N-dealkylation sites (N-methyl/N-ethyl adjacent to an activating group) is 1. The maximum atomic E-state index is 13.0. The maximum Gasteiger partial charge on any atom is 0.269 e. The molecule has 0 bridgehead atoms. The molecule has 2 heterocycles. The number of oxime groups is 1. The lowest BCUT2D eigenvalue weighted by Gasteiger charge is -2.37. The molecule has 0 aromatic heterocycles. The zero-order valence-corrected chi connectivity index (χ0v) is 13.6. The van der Waals surface area contributed by atoms with Crippen LogP contribution >= 0.6 is 0 Å². The first-order valence-corrected chi connectivity index (χ1v) is 8.04. The van der Waals surface area contributed by atoms with E-state index in [0.29, 0.717) is 12.1 Å². The highest BCUT2D eigenvalue weighted by atomic mass is 19.1. The molecule has 1 saturated heterocycles. The smallest absolute Gasteiger partial charge is 0.269 e. The first-order chi connectivity index (χ1) is 11.0. The lowest BCUT2D eigenvalue weighted by atomic mass is 9.94. The molecule has 124 valence electrons. The van der Waals surface area contributed by atoms with Crippen molar-refractivity contribution in [2.45, 2.75) is 25.9 Å². The van der Waals surface area contributed by atoms with Gasteiger partial charge in [-0.15, -0.1) is 0 Å². The molecular formula is C17H22FN3O2. The number of halogens is 1. The minimum Gasteiger partial charge on any atom is -0.379 e. The molecule has 1 amide bonds. The molecule has 0 N–H and O–H groups in total. The monoisotopic (exact) mass is 319 g/mol. The van der Waals surface area contributed by atoms with Gasteiger partial charge < -0.3 is 14.6 Å². The summed E-state index contributed by atoms with van der Waals surface area (Å²) in [4.78, 5) is 22.5. The molecule has 1 fully saturated rings. The molecule has 5 nitrogen and oxygen atoms in total. The molecule has 2 aliphatic heterocycles. The first-order valence-electron chi connectivity index (χ1n) is 8.04. The molecule has 0 radical (unpaired) electrons. The molecule has 0 saturated carbocycles. The molecule has 0 aliphatic carbocycles. The van der Waals surface area contributed by atoms with Crippen molar-refractivity contribution in [1.29, 1.82) is 0 Å². The van der Waals surface area contributed by atoms with Crippen molar-refractivity contribution in [2.24, 2.45) is 5.16 Å². The second-order valence-corrected chi connectivity index (χ2v) is 6.27. The van der Waals surface area contributed by atoms with Gasteiger partial charge in [0.15, 0.2) is 0 Å². The number of carbonyl (C=O) groups is 1. The van der Waals surface area contributed by atoms with E-state index in [4.69, 9.17) is 4.84 Å². The molecule has 1 aromatic rings. The number of rotatable bonds is 3. The molecule has 1 unspecified atom stereocenters. The predicted octanol–water partition coefficient (Wildman–Crippen LogP) is 1.87. The van der Waals surface area contributed by atoms with Gasteiger partial charge in [-0.05, 0) is 31.2 Å². The molecule has 0 spiro atoms. The Balaban J connectivity index is 1.65. The predicted molar refractivity (Wildman–Crippen MR) is 85.7 cm³/mol. The van der Waals surface area contributed by atoms with E-state index in [2.05, 4.69) is 17.0 Å². The van der Waals surface area contributed by atoms with Gasteiger partial charge in [0.05, 0.1) is 5.71 Å². The van der Waals surface area contributed by atoms with Crippen molar-refractivity contribution >= 4 is 11.6 Å². The third kappa shape index (κ3) is 3.22. The highest BCUT2D eigenvalue weighted by molar-refractivity contribution is 6.05. The minimum atomic E-state index is -0.960. The quantitative estimate of drug-likeness (QED) is 0.854. The number of piperazine rings is 1. The molecule has 3 rings (SSSR count). The standard InChI is InChI=1S/C17H22FN3O2/c1-3-20-8-10-21(11-9-20)16(22)17(2)12-15(19-23-17)13-4-6-14(18)7-5-13/h4-7H,3,8-12H2,1-2H3. The fraction of sp³-hybridized carbons (Fsp3) is 0.529. The maximum absolute atomic E-state index is 13.0. The lowest BCUT2D eigenvalue weighted by molar-refractivity contribution is -0.155. The number of nitrogens with zero attached hydrogens (tertiary/aromatic N) is 3. The second kappa shape index (κ2) is 6.28. The van der Waals surface area contributed by atoms with Gasteiger partial charge in [-0.25, -0.2) is 4.39 Å². The summed E-state index contributed by atoms with van der Waals surface area (Å²) in [6, 6.07) is 6.10. The van der Waals surface area contributed by atoms with E-state index in [1.54, 1.807) is 19.1 Å². The third-order valence-electron chi connectivity index (χ3n) is 4.60. The number of hydrogen-bond donors (Lipinski definition) is 0. The number of carbonyl (C=O) groups excluding carboxylic acids is 1. The third-order valence-corrected chi connectivity index (χ3v) is 4.60. The summed E-state index contributed by atoms with van der Waals surface area (Å²) in [6.45, 7) is 8.14. The van der Waals surface area contributed by atoms with Crippen molar-refractivity contribution in [3.05, 3.63) is 35.6 Å². The Morgan fingerprint density at radius 2 is 1.91 bits per heavy atom. The van der Waals surface area contributed by atoms with Crippen LogP contribution in [0.5, 0.6) is 0 Å². The van der Waals surface area contributed by atoms with Crippen LogP contribution in [0.3, 0.4) is 0 Å². The van der Waals surface area contributed by atoms with E-state index in [1.165, 1.54) is 12.1 Å². The van der Waals surface area contributed by atoms with E-state index in [-0.39, 0.29) is 11.7 Å². The Hall–Kier alpha value is -1.95. The number of hydrogen-bond acceptors (Lipinski definition) is 4.